The number of halogens is 1. The molecule has 2 atom stereocenters. The van der Waals surface area contributed by atoms with Crippen LogP contribution in [0.1, 0.15) is 51.7 Å². The Kier molecular flexibility index (Phi) is 7.17. The molecule has 1 aliphatic rings. The summed E-state index contributed by atoms with van der Waals surface area (Å²) < 4.78 is 14.0. The van der Waals surface area contributed by atoms with Gasteiger partial charge in [0.25, 0.3) is 0 Å². The summed E-state index contributed by atoms with van der Waals surface area (Å²) in [6.45, 7) is 10.6. The normalized spacial score (nSPS) is 20.6. The first-order valence-electron chi connectivity index (χ1n) is 9.72. The van der Waals surface area contributed by atoms with Crippen LogP contribution in [0.15, 0.2) is 24.3 Å². The second-order valence-electron chi connectivity index (χ2n) is 8.33. The van der Waals surface area contributed by atoms with Gasteiger partial charge in [0, 0.05) is 24.2 Å². The molecule has 0 unspecified atom stereocenters. The molecule has 1 heterocycles. The maximum atomic E-state index is 14.0. The van der Waals surface area contributed by atoms with Crippen LogP contribution in [0.3, 0.4) is 0 Å². The Hall–Kier alpha value is -2.17. The molecule has 2 amide bonds. The van der Waals surface area contributed by atoms with Gasteiger partial charge in [-0.25, -0.2) is 4.39 Å². The highest BCUT2D eigenvalue weighted by molar-refractivity contribution is 5.96. The molecule has 0 bridgehead atoms. The summed E-state index contributed by atoms with van der Waals surface area (Å²) in [5.41, 5.74) is 1.20. The molecular formula is C22H31FN2O2. The lowest BCUT2D eigenvalue weighted by Gasteiger charge is -2.40. The number of carbonyl (C=O) groups is 2. The number of benzene rings is 1. The van der Waals surface area contributed by atoms with E-state index in [1.165, 1.54) is 18.2 Å². The lowest BCUT2D eigenvalue weighted by atomic mass is 9.95. The number of rotatable bonds is 6. The van der Waals surface area contributed by atoms with Gasteiger partial charge in [0.15, 0.2) is 0 Å². The molecule has 4 nitrogen and oxygen atoms in total. The van der Waals surface area contributed by atoms with Crippen LogP contribution < -0.4 is 5.32 Å². The zero-order valence-electron chi connectivity index (χ0n) is 17.0. The van der Waals surface area contributed by atoms with Crippen LogP contribution in [0.4, 0.5) is 4.39 Å². The smallest absolute Gasteiger partial charge is 0.247 e. The number of amides is 2. The fourth-order valence-corrected chi connectivity index (χ4v) is 3.50. The Balaban J connectivity index is 2.20. The van der Waals surface area contributed by atoms with Crippen LogP contribution in [0, 0.1) is 24.6 Å². The molecule has 0 aliphatic carbocycles. The monoisotopic (exact) mass is 374 g/mol. The van der Waals surface area contributed by atoms with Gasteiger partial charge in [-0.05, 0) is 49.3 Å². The number of carbonyl (C=O) groups excluding carboxylic acids is 2. The number of aryl methyl sites for hydroxylation is 1. The van der Waals surface area contributed by atoms with Crippen molar-refractivity contribution in [2.45, 2.75) is 59.5 Å². The van der Waals surface area contributed by atoms with Crippen molar-refractivity contribution in [3.63, 3.8) is 0 Å². The number of piperazine rings is 1. The minimum absolute atomic E-state index is 0.0469. The van der Waals surface area contributed by atoms with E-state index in [9.17, 15) is 14.0 Å². The largest absolute Gasteiger partial charge is 0.350 e. The topological polar surface area (TPSA) is 49.4 Å². The molecule has 1 saturated heterocycles. The van der Waals surface area contributed by atoms with Crippen LogP contribution in [0.2, 0.25) is 0 Å². The molecule has 1 aromatic carbocycles. The highest BCUT2D eigenvalue weighted by Gasteiger charge is 2.36. The third-order valence-corrected chi connectivity index (χ3v) is 4.74. The summed E-state index contributed by atoms with van der Waals surface area (Å²) >= 11 is 0. The molecule has 0 radical (unpaired) electrons. The van der Waals surface area contributed by atoms with Crippen LogP contribution in [-0.4, -0.2) is 35.3 Å². The van der Waals surface area contributed by atoms with Crippen molar-refractivity contribution < 1.29 is 14.0 Å². The lowest BCUT2D eigenvalue weighted by Crippen LogP contribution is -2.61. The molecule has 1 aromatic rings. The summed E-state index contributed by atoms with van der Waals surface area (Å²) in [5.74, 6) is 0.0160. The number of nitrogens with zero attached hydrogens (tertiary/aromatic N) is 1. The zero-order chi connectivity index (χ0) is 20.1. The van der Waals surface area contributed by atoms with Crippen molar-refractivity contribution in [2.24, 2.45) is 11.8 Å². The summed E-state index contributed by atoms with van der Waals surface area (Å²) in [6, 6.07) is 4.38. The van der Waals surface area contributed by atoms with E-state index < -0.39 is 6.04 Å². The van der Waals surface area contributed by atoms with Gasteiger partial charge >= 0.3 is 0 Å². The van der Waals surface area contributed by atoms with E-state index in [1.54, 1.807) is 11.0 Å². The van der Waals surface area contributed by atoms with Crippen LogP contribution in [0.5, 0.6) is 0 Å². The van der Waals surface area contributed by atoms with E-state index in [-0.39, 0.29) is 29.6 Å². The summed E-state index contributed by atoms with van der Waals surface area (Å²) in [4.78, 5) is 27.1. The third kappa shape index (κ3) is 5.91. The second-order valence-corrected chi connectivity index (χ2v) is 8.33. The molecule has 5 heteroatoms. The van der Waals surface area contributed by atoms with E-state index >= 15 is 0 Å². The average molecular weight is 375 g/mol. The van der Waals surface area contributed by atoms with Crippen molar-refractivity contribution in [3.05, 3.63) is 41.2 Å². The summed E-state index contributed by atoms with van der Waals surface area (Å²) in [5, 5.41) is 3.06. The number of hydrogen-bond donors (Lipinski definition) is 1. The molecule has 27 heavy (non-hydrogen) atoms. The minimum atomic E-state index is -0.478. The molecule has 148 valence electrons. The molecule has 0 saturated carbocycles. The van der Waals surface area contributed by atoms with E-state index in [0.717, 1.165) is 12.0 Å². The van der Waals surface area contributed by atoms with Crippen molar-refractivity contribution in [1.82, 2.24) is 10.2 Å². The van der Waals surface area contributed by atoms with E-state index in [4.69, 9.17) is 0 Å². The molecule has 0 spiro atoms. The Morgan fingerprint density at radius 2 is 1.93 bits per heavy atom. The lowest BCUT2D eigenvalue weighted by molar-refractivity contribution is -0.142. The van der Waals surface area contributed by atoms with Crippen molar-refractivity contribution in [2.75, 3.05) is 6.54 Å². The maximum Gasteiger partial charge on any atom is 0.247 e. The maximum absolute atomic E-state index is 14.0. The Morgan fingerprint density at radius 1 is 1.26 bits per heavy atom. The number of nitrogens with one attached hydrogen (secondary N) is 1. The van der Waals surface area contributed by atoms with Gasteiger partial charge in [0.1, 0.15) is 11.9 Å². The summed E-state index contributed by atoms with van der Waals surface area (Å²) in [6.07, 6.45) is 4.30. The Morgan fingerprint density at radius 3 is 2.52 bits per heavy atom. The summed E-state index contributed by atoms with van der Waals surface area (Å²) in [7, 11) is 0. The standard InChI is InChI=1S/C22H31FN2O2/c1-14(2)10-18-13-25(20(11-15(3)4)22(27)24-18)21(26)9-8-17-7-6-16(5)12-19(17)23/h6-9,12,14-15,18,20H,10-11,13H2,1-5H3,(H,24,27)/b9-8+/t18-,20-/m0/s1. The predicted octanol–water partition coefficient (Wildman–Crippen LogP) is 3.94. The van der Waals surface area contributed by atoms with E-state index in [2.05, 4.69) is 19.2 Å². The Labute approximate surface area is 161 Å². The van der Waals surface area contributed by atoms with Gasteiger partial charge < -0.3 is 10.2 Å². The van der Waals surface area contributed by atoms with Crippen molar-refractivity contribution in [1.29, 1.82) is 0 Å². The van der Waals surface area contributed by atoms with Gasteiger partial charge in [-0.3, -0.25) is 9.59 Å². The fraction of sp³-hybridized carbons (Fsp3) is 0.545. The number of hydrogen-bond acceptors (Lipinski definition) is 2. The van der Waals surface area contributed by atoms with Gasteiger partial charge in [0.2, 0.25) is 11.8 Å². The average Bonchev–Trinajstić information content (AvgIpc) is 2.55. The van der Waals surface area contributed by atoms with Crippen LogP contribution >= 0.6 is 0 Å². The molecule has 0 aromatic heterocycles. The van der Waals surface area contributed by atoms with E-state index in [1.807, 2.05) is 26.8 Å². The van der Waals surface area contributed by atoms with Crippen LogP contribution in [0.25, 0.3) is 6.08 Å². The van der Waals surface area contributed by atoms with Crippen molar-refractivity contribution in [3.8, 4) is 0 Å². The van der Waals surface area contributed by atoms with Crippen molar-refractivity contribution >= 4 is 17.9 Å². The van der Waals surface area contributed by atoms with E-state index in [0.29, 0.717) is 24.4 Å². The van der Waals surface area contributed by atoms with Gasteiger partial charge in [-0.15, -0.1) is 0 Å². The fourth-order valence-electron chi connectivity index (χ4n) is 3.50. The van der Waals surface area contributed by atoms with Crippen LogP contribution in [-0.2, 0) is 9.59 Å². The predicted molar refractivity (Wildman–Crippen MR) is 107 cm³/mol. The second kappa shape index (κ2) is 9.16. The highest BCUT2D eigenvalue weighted by Crippen LogP contribution is 2.20. The highest BCUT2D eigenvalue weighted by atomic mass is 19.1. The zero-order valence-corrected chi connectivity index (χ0v) is 17.0. The molecule has 1 N–H and O–H groups in total. The molecule has 1 fully saturated rings. The molecule has 2 rings (SSSR count). The first-order valence-corrected chi connectivity index (χ1v) is 9.72. The molecule has 1 aliphatic heterocycles. The quantitative estimate of drug-likeness (QED) is 0.767. The van der Waals surface area contributed by atoms with Gasteiger partial charge in [-0.1, -0.05) is 39.8 Å². The third-order valence-electron chi connectivity index (χ3n) is 4.74. The minimum Gasteiger partial charge on any atom is -0.350 e. The SMILES string of the molecule is Cc1ccc(/C=C/C(=O)N2C[C@H](CC(C)C)NC(=O)[C@@H]2CC(C)C)c(F)c1. The van der Waals surface area contributed by atoms with Gasteiger partial charge in [0.05, 0.1) is 0 Å². The first kappa shape index (κ1) is 21.1. The first-order chi connectivity index (χ1) is 12.7. The molecular weight excluding hydrogens is 343 g/mol. The van der Waals surface area contributed by atoms with Gasteiger partial charge in [-0.2, -0.15) is 0 Å². The Bertz CT molecular complexity index is 712.